The highest BCUT2D eigenvalue weighted by Gasteiger charge is 2.43. The Morgan fingerprint density at radius 2 is 1.08 bits per heavy atom. The third kappa shape index (κ3) is 11.4. The molecular formula is C37H62N8O8. The monoisotopic (exact) mass is 746 g/mol. The van der Waals surface area contributed by atoms with Crippen LogP contribution in [0, 0.1) is 23.7 Å². The van der Waals surface area contributed by atoms with E-state index in [1.54, 1.807) is 20.8 Å². The van der Waals surface area contributed by atoms with Crippen molar-refractivity contribution < 1.29 is 38.4 Å². The molecule has 3 saturated heterocycles. The van der Waals surface area contributed by atoms with Gasteiger partial charge in [-0.2, -0.15) is 0 Å². The molecule has 3 aliphatic heterocycles. The molecule has 8 amide bonds. The lowest BCUT2D eigenvalue weighted by atomic mass is 9.95. The molecule has 0 bridgehead atoms. The van der Waals surface area contributed by atoms with Crippen LogP contribution >= 0.6 is 0 Å². The van der Waals surface area contributed by atoms with Crippen LogP contribution in [-0.4, -0.2) is 112 Å². The number of nitrogens with zero attached hydrogens (tertiary/aromatic N) is 2. The predicted molar refractivity (Wildman–Crippen MR) is 196 cm³/mol. The molecule has 53 heavy (non-hydrogen) atoms. The molecule has 8 unspecified atom stereocenters. The summed E-state index contributed by atoms with van der Waals surface area (Å²) >= 11 is 0. The molecule has 16 nitrogen and oxygen atoms in total. The minimum atomic E-state index is -1.46. The van der Waals surface area contributed by atoms with Gasteiger partial charge in [-0.1, -0.05) is 61.8 Å². The molecule has 0 aliphatic carbocycles. The van der Waals surface area contributed by atoms with Crippen molar-refractivity contribution in [1.29, 1.82) is 0 Å². The Bertz CT molecular complexity index is 1390. The van der Waals surface area contributed by atoms with Crippen LogP contribution in [0.15, 0.2) is 0 Å². The van der Waals surface area contributed by atoms with Crippen molar-refractivity contribution in [2.24, 2.45) is 29.4 Å². The molecule has 0 aromatic heterocycles. The maximum Gasteiger partial charge on any atom is 0.246 e. The zero-order chi connectivity index (χ0) is 39.7. The summed E-state index contributed by atoms with van der Waals surface area (Å²) < 4.78 is 0. The number of primary amides is 1. The van der Waals surface area contributed by atoms with Crippen molar-refractivity contribution in [3.63, 3.8) is 0 Å². The van der Waals surface area contributed by atoms with Gasteiger partial charge in [0.05, 0.1) is 6.42 Å². The highest BCUT2D eigenvalue weighted by molar-refractivity contribution is 5.99. The van der Waals surface area contributed by atoms with Crippen molar-refractivity contribution in [2.75, 3.05) is 13.1 Å². The van der Waals surface area contributed by atoms with E-state index >= 15 is 0 Å². The predicted octanol–water partition coefficient (Wildman–Crippen LogP) is 0.0757. The zero-order valence-corrected chi connectivity index (χ0v) is 32.7. The number of hydrogen-bond donors (Lipinski definition) is 6. The number of fused-ring (bicyclic) bond motifs is 2. The number of nitrogens with two attached hydrogens (primary N) is 1. The molecular weight excluding hydrogens is 684 g/mol. The van der Waals surface area contributed by atoms with Crippen molar-refractivity contribution in [1.82, 2.24) is 36.4 Å². The standard InChI is InChI=1S/C37H62N8O8/c1-9-22(8)30-37(53)45-15-11-13-27(45)34(50)39-23(16-19(2)3)31(47)41-25(17-20(4)5)36(52)44-14-10-12-26(44)33(49)40-24(18-28(38)46)32(48)42-29(21(6)7)35(51)43-30/h19-27,29-30H,9-18H2,1-8H3,(H2,38,46)(H,39,50)(H,40,49)(H,41,47)(H,42,48)(H,43,51). The second-order valence-corrected chi connectivity index (χ2v) is 16.1. The number of rotatable bonds is 9. The molecule has 3 rings (SSSR count). The second kappa shape index (κ2) is 19.2. The molecule has 0 aromatic rings. The number of hydrogen-bond acceptors (Lipinski definition) is 8. The molecule has 7 N–H and O–H groups in total. The molecule has 3 aliphatic rings. The SMILES string of the molecule is CCC(C)C1NC(=O)C(C(C)C)NC(=O)C(CC(N)=O)NC(=O)C2CCCN2C(=O)C(CC(C)C)NC(=O)C(CC(C)C)NC(=O)C2CCCN2C1=O. The van der Waals surface area contributed by atoms with E-state index in [0.29, 0.717) is 25.7 Å². The Morgan fingerprint density at radius 3 is 1.57 bits per heavy atom. The van der Waals surface area contributed by atoms with Gasteiger partial charge in [-0.15, -0.1) is 0 Å². The van der Waals surface area contributed by atoms with Gasteiger partial charge in [0.25, 0.3) is 0 Å². The first-order valence-corrected chi connectivity index (χ1v) is 19.3. The van der Waals surface area contributed by atoms with Crippen LogP contribution < -0.4 is 32.3 Å². The van der Waals surface area contributed by atoms with Crippen LogP contribution in [-0.2, 0) is 38.4 Å². The molecule has 298 valence electrons. The fraction of sp³-hybridized carbons (Fsp3) is 0.784. The van der Waals surface area contributed by atoms with Crippen LogP contribution in [0.3, 0.4) is 0 Å². The molecule has 16 heteroatoms. The van der Waals surface area contributed by atoms with Crippen LogP contribution in [0.4, 0.5) is 0 Å². The smallest absolute Gasteiger partial charge is 0.246 e. The quantitative estimate of drug-likeness (QED) is 0.189. The summed E-state index contributed by atoms with van der Waals surface area (Å²) in [4.78, 5) is 112. The topological polar surface area (TPSA) is 229 Å². The van der Waals surface area contributed by atoms with E-state index in [-0.39, 0.29) is 50.1 Å². The van der Waals surface area contributed by atoms with Gasteiger partial charge in [-0.05, 0) is 62.2 Å². The van der Waals surface area contributed by atoms with Gasteiger partial charge in [0, 0.05) is 13.1 Å². The third-order valence-corrected chi connectivity index (χ3v) is 10.4. The zero-order valence-electron chi connectivity index (χ0n) is 32.7. The first kappa shape index (κ1) is 43.2. The minimum Gasteiger partial charge on any atom is -0.370 e. The summed E-state index contributed by atoms with van der Waals surface area (Å²) in [6.07, 6.45) is 2.10. The van der Waals surface area contributed by atoms with E-state index in [4.69, 9.17) is 5.73 Å². The highest BCUT2D eigenvalue weighted by atomic mass is 16.2. The third-order valence-electron chi connectivity index (χ3n) is 10.4. The maximum atomic E-state index is 14.2. The Balaban J connectivity index is 2.12. The number of amides is 8. The summed E-state index contributed by atoms with van der Waals surface area (Å²) in [5.41, 5.74) is 5.48. The Hall–Kier alpha value is -4.24. The van der Waals surface area contributed by atoms with Gasteiger partial charge in [-0.3, -0.25) is 38.4 Å². The lowest BCUT2D eigenvalue weighted by Gasteiger charge is -2.33. The van der Waals surface area contributed by atoms with Gasteiger partial charge >= 0.3 is 0 Å². The largest absolute Gasteiger partial charge is 0.370 e. The summed E-state index contributed by atoms with van der Waals surface area (Å²) in [6, 6.07) is -7.61. The Labute approximate surface area is 313 Å². The van der Waals surface area contributed by atoms with Crippen molar-refractivity contribution in [3.8, 4) is 0 Å². The van der Waals surface area contributed by atoms with Crippen molar-refractivity contribution in [3.05, 3.63) is 0 Å². The van der Waals surface area contributed by atoms with Crippen LogP contribution in [0.25, 0.3) is 0 Å². The van der Waals surface area contributed by atoms with E-state index in [1.807, 2.05) is 34.6 Å². The second-order valence-electron chi connectivity index (χ2n) is 16.1. The van der Waals surface area contributed by atoms with Gasteiger partial charge in [0.2, 0.25) is 47.3 Å². The number of carbonyl (C=O) groups is 8. The molecule has 3 fully saturated rings. The molecule has 0 radical (unpaired) electrons. The van der Waals surface area contributed by atoms with Gasteiger partial charge in [0.1, 0.15) is 42.3 Å². The lowest BCUT2D eigenvalue weighted by Crippen LogP contribution is -2.61. The maximum absolute atomic E-state index is 14.2. The molecule has 8 atom stereocenters. The van der Waals surface area contributed by atoms with E-state index < -0.39 is 102 Å². The summed E-state index contributed by atoms with van der Waals surface area (Å²) in [7, 11) is 0. The highest BCUT2D eigenvalue weighted by Crippen LogP contribution is 2.24. The van der Waals surface area contributed by atoms with E-state index in [2.05, 4.69) is 26.6 Å². The molecule has 3 heterocycles. The van der Waals surface area contributed by atoms with Crippen LogP contribution in [0.2, 0.25) is 0 Å². The average molecular weight is 747 g/mol. The fourth-order valence-electron chi connectivity index (χ4n) is 7.31. The summed E-state index contributed by atoms with van der Waals surface area (Å²) in [5.74, 6) is -5.94. The van der Waals surface area contributed by atoms with Gasteiger partial charge < -0.3 is 42.1 Å². The number of carbonyl (C=O) groups excluding carboxylic acids is 8. The molecule has 0 spiro atoms. The minimum absolute atomic E-state index is 0.0173. The average Bonchev–Trinajstić information content (AvgIpc) is 3.77. The first-order chi connectivity index (χ1) is 24.9. The van der Waals surface area contributed by atoms with Crippen LogP contribution in [0.5, 0.6) is 0 Å². The van der Waals surface area contributed by atoms with E-state index in [1.165, 1.54) is 9.80 Å². The fourth-order valence-corrected chi connectivity index (χ4v) is 7.31. The summed E-state index contributed by atoms with van der Waals surface area (Å²) in [6.45, 7) is 15.2. The number of nitrogens with one attached hydrogen (secondary N) is 5. The first-order valence-electron chi connectivity index (χ1n) is 19.3. The van der Waals surface area contributed by atoms with Crippen LogP contribution in [0.1, 0.15) is 107 Å². The van der Waals surface area contributed by atoms with E-state index in [0.717, 1.165) is 0 Å². The Morgan fingerprint density at radius 1 is 0.623 bits per heavy atom. The summed E-state index contributed by atoms with van der Waals surface area (Å²) in [5, 5.41) is 13.8. The normalized spacial score (nSPS) is 29.2. The van der Waals surface area contributed by atoms with Crippen molar-refractivity contribution >= 4 is 47.3 Å². The van der Waals surface area contributed by atoms with Gasteiger partial charge in [0.15, 0.2) is 0 Å². The van der Waals surface area contributed by atoms with Gasteiger partial charge in [-0.25, -0.2) is 0 Å². The Kier molecular flexibility index (Phi) is 15.6. The lowest BCUT2D eigenvalue weighted by molar-refractivity contribution is -0.144. The molecule has 0 aromatic carbocycles. The van der Waals surface area contributed by atoms with E-state index in [9.17, 15) is 38.4 Å². The molecule has 0 saturated carbocycles. The van der Waals surface area contributed by atoms with Crippen molar-refractivity contribution in [2.45, 2.75) is 149 Å².